The molecule has 1 aromatic heterocycles. The Hall–Kier alpha value is -1.26. The molecule has 1 aromatic rings. The summed E-state index contributed by atoms with van der Waals surface area (Å²) < 4.78 is 35.1. The highest BCUT2D eigenvalue weighted by molar-refractivity contribution is 7.59. The maximum absolute atomic E-state index is 11.7. The predicted octanol–water partition coefficient (Wildman–Crippen LogP) is -2.84. The quantitative estimate of drug-likeness (QED) is 0.244. The van der Waals surface area contributed by atoms with Crippen LogP contribution in [0.25, 0.3) is 0 Å². The molecule has 18 heteroatoms. The number of aliphatic hydroxyl groups is 2. The van der Waals surface area contributed by atoms with E-state index in [1.54, 1.807) is 0 Å². The molecule has 0 bridgehead atoms. The minimum absolute atomic E-state index is 0. The van der Waals surface area contributed by atoms with Crippen molar-refractivity contribution in [2.45, 2.75) is 24.5 Å². The van der Waals surface area contributed by atoms with Crippen molar-refractivity contribution in [1.82, 2.24) is 21.9 Å². The van der Waals surface area contributed by atoms with Crippen LogP contribution in [0.1, 0.15) is 6.23 Å². The Morgan fingerprint density at radius 2 is 1.89 bits per heavy atom. The van der Waals surface area contributed by atoms with E-state index in [9.17, 15) is 33.9 Å². The summed E-state index contributed by atoms with van der Waals surface area (Å²) in [6, 6.07) is 1.22. The van der Waals surface area contributed by atoms with Gasteiger partial charge in [0.25, 0.3) is 15.6 Å². The summed E-state index contributed by atoms with van der Waals surface area (Å²) in [5.41, 5.74) is 4.42. The molecular weight excluding hydrogens is 416 g/mol. The first-order valence-electron chi connectivity index (χ1n) is 6.46. The molecule has 6 atom stereocenters. The van der Waals surface area contributed by atoms with Crippen molar-refractivity contribution >= 4 is 21.5 Å². The van der Waals surface area contributed by atoms with Gasteiger partial charge in [-0.1, -0.05) is 0 Å². The van der Waals surface area contributed by atoms with E-state index in [2.05, 4.69) is 13.8 Å². The topological polar surface area (TPSA) is 303 Å². The number of phosphoric acid groups is 2. The van der Waals surface area contributed by atoms with E-state index in [1.807, 2.05) is 0 Å². The Labute approximate surface area is 151 Å². The standard InChI is InChI=1S/C9H15N3O11P2.2H3N/c10-5-1-2-12(9(15)11-5)8-7(14)6(13)4(22-8)3-21-25(19,20)23-24(16,17)18;;/h1-2,4,6-8,13-14H,3H2,(H,19,20)(H2,10,11,15)(H2,16,17,18);2*1H3/t4-,6+,7?,8-;;/m1../s1. The maximum Gasteiger partial charge on any atom is 0.351 e. The predicted molar refractivity (Wildman–Crippen MR) is 85.3 cm³/mol. The summed E-state index contributed by atoms with van der Waals surface area (Å²) in [4.78, 5) is 45.1. The smallest absolute Gasteiger partial charge is 0.351 e. The number of nitrogens with two attached hydrogens (primary N) is 1. The minimum atomic E-state index is -5.62. The summed E-state index contributed by atoms with van der Waals surface area (Å²) in [5.74, 6) is -0.0929. The number of nitrogen functional groups attached to an aromatic ring is 1. The zero-order valence-corrected chi connectivity index (χ0v) is 15.9. The second kappa shape index (κ2) is 9.29. The van der Waals surface area contributed by atoms with E-state index < -0.39 is 52.5 Å². The zero-order chi connectivity index (χ0) is 19.0. The molecule has 1 aliphatic heterocycles. The summed E-state index contributed by atoms with van der Waals surface area (Å²) >= 11 is 0. The molecule has 27 heavy (non-hydrogen) atoms. The van der Waals surface area contributed by atoms with Crippen LogP contribution in [0, 0.1) is 0 Å². The lowest BCUT2D eigenvalue weighted by atomic mass is 10.1. The number of phosphoric ester groups is 1. The van der Waals surface area contributed by atoms with Crippen molar-refractivity contribution < 1.29 is 47.6 Å². The molecule has 2 heterocycles. The van der Waals surface area contributed by atoms with Gasteiger partial charge < -0.3 is 52.2 Å². The van der Waals surface area contributed by atoms with Gasteiger partial charge in [-0.15, -0.1) is 0 Å². The Morgan fingerprint density at radius 1 is 1.30 bits per heavy atom. The molecule has 0 radical (unpaired) electrons. The minimum Gasteiger partial charge on any atom is -0.756 e. The molecule has 0 aromatic carbocycles. The van der Waals surface area contributed by atoms with Crippen molar-refractivity contribution in [3.63, 3.8) is 0 Å². The number of aromatic nitrogens is 2. The van der Waals surface area contributed by atoms with Crippen LogP contribution in [-0.4, -0.2) is 49.6 Å². The third-order valence-electron chi connectivity index (χ3n) is 3.06. The lowest BCUT2D eigenvalue weighted by molar-refractivity contribution is -0.242. The maximum atomic E-state index is 11.7. The highest BCUT2D eigenvalue weighted by atomic mass is 31.3. The van der Waals surface area contributed by atoms with E-state index >= 15 is 0 Å². The fourth-order valence-electron chi connectivity index (χ4n) is 2.03. The molecule has 0 amide bonds. The molecule has 2 rings (SSSR count). The number of hydrogen-bond donors (Lipinski definition) is 6. The summed E-state index contributed by atoms with van der Waals surface area (Å²) in [6.07, 6.45) is -5.12. The average molecular weight is 437 g/mol. The summed E-state index contributed by atoms with van der Waals surface area (Å²) in [5, 5.41) is 19.8. The molecular formula is C9H21N5O11P2. The first-order valence-corrected chi connectivity index (χ1v) is 9.42. The first kappa shape index (κ1) is 25.7. The lowest BCUT2D eigenvalue weighted by Crippen LogP contribution is -2.36. The SMILES string of the molecule is Nc1ccn([C@@H]2O[C@H](COP(=O)([O-])OP(=O)([O-])O)[C@H](O)C2O)c(=O)n1.[NH4+].[NH4+]. The molecule has 1 saturated heterocycles. The molecule has 3 unspecified atom stereocenters. The van der Waals surface area contributed by atoms with Crippen molar-refractivity contribution in [3.8, 4) is 0 Å². The van der Waals surface area contributed by atoms with Gasteiger partial charge >= 0.3 is 5.69 Å². The van der Waals surface area contributed by atoms with Gasteiger partial charge in [-0.25, -0.2) is 9.11 Å². The monoisotopic (exact) mass is 437 g/mol. The summed E-state index contributed by atoms with van der Waals surface area (Å²) in [7, 11) is -11.1. The molecule has 158 valence electrons. The van der Waals surface area contributed by atoms with Gasteiger partial charge in [-0.05, 0) is 6.07 Å². The van der Waals surface area contributed by atoms with Crippen LogP contribution in [0.2, 0.25) is 0 Å². The molecule has 16 nitrogen and oxygen atoms in total. The van der Waals surface area contributed by atoms with E-state index in [-0.39, 0.29) is 18.1 Å². The number of nitrogens with zero attached hydrogens (tertiary/aromatic N) is 2. The largest absolute Gasteiger partial charge is 0.756 e. The average Bonchev–Trinajstić information content (AvgIpc) is 2.71. The van der Waals surface area contributed by atoms with E-state index in [0.29, 0.717) is 0 Å². The molecule has 13 N–H and O–H groups in total. The van der Waals surface area contributed by atoms with Crippen LogP contribution in [0.4, 0.5) is 5.82 Å². The molecule has 0 aliphatic carbocycles. The normalized spacial score (nSPS) is 29.1. The highest BCUT2D eigenvalue weighted by Crippen LogP contribution is 2.52. The Morgan fingerprint density at radius 3 is 2.41 bits per heavy atom. The van der Waals surface area contributed by atoms with Gasteiger partial charge in [0.15, 0.2) is 6.23 Å². The summed E-state index contributed by atoms with van der Waals surface area (Å²) in [6.45, 7) is -0.966. The van der Waals surface area contributed by atoms with Gasteiger partial charge in [0.2, 0.25) is 0 Å². The van der Waals surface area contributed by atoms with E-state index in [4.69, 9.17) is 15.4 Å². The Balaban J connectivity index is 0.00000338. The van der Waals surface area contributed by atoms with Crippen LogP contribution in [0.5, 0.6) is 0 Å². The fourth-order valence-corrected chi connectivity index (χ4v) is 3.56. The van der Waals surface area contributed by atoms with Crippen molar-refractivity contribution in [2.75, 3.05) is 12.3 Å². The van der Waals surface area contributed by atoms with Gasteiger partial charge in [0.1, 0.15) is 24.1 Å². The van der Waals surface area contributed by atoms with Crippen molar-refractivity contribution in [3.05, 3.63) is 22.7 Å². The van der Waals surface area contributed by atoms with Crippen LogP contribution >= 0.6 is 15.6 Å². The zero-order valence-electron chi connectivity index (χ0n) is 14.1. The van der Waals surface area contributed by atoms with Crippen molar-refractivity contribution in [2.24, 2.45) is 0 Å². The molecule has 1 aliphatic rings. The molecule has 1 fully saturated rings. The van der Waals surface area contributed by atoms with Gasteiger partial charge in [0.05, 0.1) is 6.61 Å². The van der Waals surface area contributed by atoms with Gasteiger partial charge in [-0.2, -0.15) is 4.98 Å². The van der Waals surface area contributed by atoms with Crippen LogP contribution < -0.4 is 33.5 Å². The Bertz CT molecular complexity index is 784. The molecule has 0 saturated carbocycles. The number of anilines is 1. The third kappa shape index (κ3) is 6.69. The van der Waals surface area contributed by atoms with Gasteiger partial charge in [-0.3, -0.25) is 13.7 Å². The number of rotatable bonds is 6. The van der Waals surface area contributed by atoms with E-state index in [1.165, 1.54) is 6.07 Å². The number of aliphatic hydroxyl groups excluding tert-OH is 2. The number of quaternary nitrogens is 2. The second-order valence-electron chi connectivity index (χ2n) is 4.88. The lowest BCUT2D eigenvalue weighted by Gasteiger charge is -2.28. The molecule has 0 spiro atoms. The fraction of sp³-hybridized carbons (Fsp3) is 0.556. The van der Waals surface area contributed by atoms with Crippen LogP contribution in [0.15, 0.2) is 17.1 Å². The first-order chi connectivity index (χ1) is 11.4. The Kier molecular flexibility index (Phi) is 8.86. The highest BCUT2D eigenvalue weighted by Gasteiger charge is 2.44. The number of hydrogen-bond acceptors (Lipinski definition) is 12. The van der Waals surface area contributed by atoms with Crippen molar-refractivity contribution in [1.29, 1.82) is 0 Å². The van der Waals surface area contributed by atoms with Crippen LogP contribution in [0.3, 0.4) is 0 Å². The third-order valence-corrected chi connectivity index (χ3v) is 5.15. The van der Waals surface area contributed by atoms with Gasteiger partial charge in [0, 0.05) is 6.20 Å². The second-order valence-corrected chi connectivity index (χ2v) is 7.62. The van der Waals surface area contributed by atoms with E-state index in [0.717, 1.165) is 10.8 Å². The van der Waals surface area contributed by atoms with Crippen LogP contribution in [-0.2, 0) is 22.7 Å². The number of ether oxygens (including phenoxy) is 1.